The number of hydrogen-bond acceptors (Lipinski definition) is 4. The first-order valence-electron chi connectivity index (χ1n) is 7.91. The maximum atomic E-state index is 13.0. The number of rotatable bonds is 4. The Kier molecular flexibility index (Phi) is 4.91. The molecule has 0 spiro atoms. The molecule has 2 heterocycles. The summed E-state index contributed by atoms with van der Waals surface area (Å²) in [5.74, 6) is 0.00959. The molecule has 6 heteroatoms. The third kappa shape index (κ3) is 3.69. The molecule has 0 saturated carbocycles. The molecule has 3 rings (SSSR count). The summed E-state index contributed by atoms with van der Waals surface area (Å²) in [6, 6.07) is 6.39. The lowest BCUT2D eigenvalue weighted by atomic mass is 10.2. The SMILES string of the molecule is CCCC(=O)N1CCN(c2nc(-c3ccc(F)cc3)cs2)CC1. The average molecular weight is 333 g/mol. The van der Waals surface area contributed by atoms with E-state index in [1.165, 1.54) is 12.1 Å². The summed E-state index contributed by atoms with van der Waals surface area (Å²) in [5, 5.41) is 2.96. The van der Waals surface area contributed by atoms with Crippen molar-refractivity contribution in [2.75, 3.05) is 31.1 Å². The van der Waals surface area contributed by atoms with Crippen molar-refractivity contribution < 1.29 is 9.18 Å². The van der Waals surface area contributed by atoms with Gasteiger partial charge in [0.25, 0.3) is 0 Å². The van der Waals surface area contributed by atoms with E-state index in [2.05, 4.69) is 9.88 Å². The number of carbonyl (C=O) groups excluding carboxylic acids is 1. The predicted octanol–water partition coefficient (Wildman–Crippen LogP) is 3.40. The van der Waals surface area contributed by atoms with Gasteiger partial charge in [0.2, 0.25) is 5.91 Å². The van der Waals surface area contributed by atoms with E-state index in [-0.39, 0.29) is 11.7 Å². The Morgan fingerprint density at radius 1 is 1.22 bits per heavy atom. The second-order valence-corrected chi connectivity index (χ2v) is 6.48. The third-order valence-corrected chi connectivity index (χ3v) is 4.90. The van der Waals surface area contributed by atoms with Gasteiger partial charge >= 0.3 is 0 Å². The highest BCUT2D eigenvalue weighted by atomic mass is 32.1. The molecule has 1 fully saturated rings. The van der Waals surface area contributed by atoms with Crippen LogP contribution in [-0.2, 0) is 4.79 Å². The van der Waals surface area contributed by atoms with E-state index in [9.17, 15) is 9.18 Å². The second kappa shape index (κ2) is 7.08. The topological polar surface area (TPSA) is 36.4 Å². The molecule has 4 nitrogen and oxygen atoms in total. The van der Waals surface area contributed by atoms with E-state index < -0.39 is 0 Å². The molecule has 2 aromatic rings. The minimum absolute atomic E-state index is 0.239. The number of benzene rings is 1. The highest BCUT2D eigenvalue weighted by molar-refractivity contribution is 7.14. The van der Waals surface area contributed by atoms with Crippen molar-refractivity contribution in [1.29, 1.82) is 0 Å². The van der Waals surface area contributed by atoms with Gasteiger partial charge < -0.3 is 9.80 Å². The molecule has 0 unspecified atom stereocenters. The van der Waals surface area contributed by atoms with E-state index in [0.29, 0.717) is 6.42 Å². The molecule has 0 N–H and O–H groups in total. The molecule has 0 radical (unpaired) electrons. The van der Waals surface area contributed by atoms with Crippen molar-refractivity contribution in [2.24, 2.45) is 0 Å². The van der Waals surface area contributed by atoms with Crippen LogP contribution in [0.25, 0.3) is 11.3 Å². The standard InChI is InChI=1S/C17H20FN3OS/c1-2-3-16(22)20-8-10-21(11-9-20)17-19-15(12-23-17)13-4-6-14(18)7-5-13/h4-7,12H,2-3,8-11H2,1H3. The molecule has 1 aliphatic heterocycles. The summed E-state index contributed by atoms with van der Waals surface area (Å²) in [4.78, 5) is 20.7. The number of carbonyl (C=O) groups is 1. The smallest absolute Gasteiger partial charge is 0.222 e. The van der Waals surface area contributed by atoms with Crippen molar-refractivity contribution in [2.45, 2.75) is 19.8 Å². The average Bonchev–Trinajstić information content (AvgIpc) is 3.06. The summed E-state index contributed by atoms with van der Waals surface area (Å²) in [7, 11) is 0. The van der Waals surface area contributed by atoms with Crippen LogP contribution < -0.4 is 4.90 Å². The summed E-state index contributed by atoms with van der Waals surface area (Å²) >= 11 is 1.59. The normalized spacial score (nSPS) is 15.0. The molecular formula is C17H20FN3OS. The van der Waals surface area contributed by atoms with E-state index >= 15 is 0 Å². The fraction of sp³-hybridized carbons (Fsp3) is 0.412. The Balaban J connectivity index is 1.63. The first kappa shape index (κ1) is 15.9. The van der Waals surface area contributed by atoms with E-state index in [1.807, 2.05) is 17.2 Å². The predicted molar refractivity (Wildman–Crippen MR) is 91.2 cm³/mol. The maximum absolute atomic E-state index is 13.0. The van der Waals surface area contributed by atoms with Gasteiger partial charge in [0, 0.05) is 43.5 Å². The minimum atomic E-state index is -0.239. The third-order valence-electron chi connectivity index (χ3n) is 4.00. The fourth-order valence-electron chi connectivity index (χ4n) is 2.68. The Bertz CT molecular complexity index is 663. The van der Waals surface area contributed by atoms with Gasteiger partial charge in [-0.3, -0.25) is 4.79 Å². The molecular weight excluding hydrogens is 313 g/mol. The van der Waals surface area contributed by atoms with Gasteiger partial charge in [0.1, 0.15) is 5.82 Å². The van der Waals surface area contributed by atoms with E-state index in [1.54, 1.807) is 23.5 Å². The Morgan fingerprint density at radius 2 is 1.91 bits per heavy atom. The van der Waals surface area contributed by atoms with E-state index in [0.717, 1.165) is 49.0 Å². The van der Waals surface area contributed by atoms with Crippen LogP contribution >= 0.6 is 11.3 Å². The molecule has 1 aliphatic rings. The molecule has 0 bridgehead atoms. The molecule has 122 valence electrons. The highest BCUT2D eigenvalue weighted by Crippen LogP contribution is 2.28. The summed E-state index contributed by atoms with van der Waals surface area (Å²) < 4.78 is 13.0. The molecule has 23 heavy (non-hydrogen) atoms. The quantitative estimate of drug-likeness (QED) is 0.860. The largest absolute Gasteiger partial charge is 0.345 e. The van der Waals surface area contributed by atoms with Gasteiger partial charge in [-0.05, 0) is 30.7 Å². The van der Waals surface area contributed by atoms with Crippen LogP contribution in [0.4, 0.5) is 9.52 Å². The van der Waals surface area contributed by atoms with Crippen LogP contribution in [0.3, 0.4) is 0 Å². The lowest BCUT2D eigenvalue weighted by Gasteiger charge is -2.34. The molecule has 1 amide bonds. The van der Waals surface area contributed by atoms with Crippen molar-refractivity contribution in [3.05, 3.63) is 35.5 Å². The number of anilines is 1. The van der Waals surface area contributed by atoms with Crippen LogP contribution in [0.15, 0.2) is 29.6 Å². The lowest BCUT2D eigenvalue weighted by Crippen LogP contribution is -2.48. The summed E-state index contributed by atoms with van der Waals surface area (Å²) in [6.45, 7) is 5.16. The Labute approximate surface area is 139 Å². The van der Waals surface area contributed by atoms with E-state index in [4.69, 9.17) is 0 Å². The van der Waals surface area contributed by atoms with Gasteiger partial charge in [-0.1, -0.05) is 6.92 Å². The van der Waals surface area contributed by atoms with Crippen molar-refractivity contribution in [3.63, 3.8) is 0 Å². The molecule has 0 aliphatic carbocycles. The van der Waals surface area contributed by atoms with Crippen molar-refractivity contribution in [3.8, 4) is 11.3 Å². The molecule has 0 atom stereocenters. The number of halogens is 1. The maximum Gasteiger partial charge on any atom is 0.222 e. The zero-order valence-electron chi connectivity index (χ0n) is 13.2. The first-order chi connectivity index (χ1) is 11.2. The molecule has 1 saturated heterocycles. The lowest BCUT2D eigenvalue weighted by molar-refractivity contribution is -0.131. The Morgan fingerprint density at radius 3 is 2.57 bits per heavy atom. The van der Waals surface area contributed by atoms with Crippen molar-refractivity contribution in [1.82, 2.24) is 9.88 Å². The molecule has 1 aromatic carbocycles. The monoisotopic (exact) mass is 333 g/mol. The number of aromatic nitrogens is 1. The van der Waals surface area contributed by atoms with Crippen LogP contribution in [0.2, 0.25) is 0 Å². The van der Waals surface area contributed by atoms with Crippen LogP contribution in [0.5, 0.6) is 0 Å². The second-order valence-electron chi connectivity index (χ2n) is 5.64. The van der Waals surface area contributed by atoms with Crippen LogP contribution in [0.1, 0.15) is 19.8 Å². The van der Waals surface area contributed by atoms with Gasteiger partial charge in [-0.25, -0.2) is 9.37 Å². The zero-order chi connectivity index (χ0) is 16.2. The number of nitrogens with zero attached hydrogens (tertiary/aromatic N) is 3. The number of piperazine rings is 1. The zero-order valence-corrected chi connectivity index (χ0v) is 14.0. The van der Waals surface area contributed by atoms with Gasteiger partial charge in [-0.15, -0.1) is 11.3 Å². The van der Waals surface area contributed by atoms with Crippen molar-refractivity contribution >= 4 is 22.4 Å². The highest BCUT2D eigenvalue weighted by Gasteiger charge is 2.22. The van der Waals surface area contributed by atoms with Gasteiger partial charge in [-0.2, -0.15) is 0 Å². The number of thiazole rings is 1. The van der Waals surface area contributed by atoms with Gasteiger partial charge in [0.05, 0.1) is 5.69 Å². The number of amides is 1. The Hall–Kier alpha value is -1.95. The summed E-state index contributed by atoms with van der Waals surface area (Å²) in [6.07, 6.45) is 1.53. The summed E-state index contributed by atoms with van der Waals surface area (Å²) in [5.41, 5.74) is 1.79. The minimum Gasteiger partial charge on any atom is -0.345 e. The van der Waals surface area contributed by atoms with Crippen LogP contribution in [0, 0.1) is 5.82 Å². The van der Waals surface area contributed by atoms with Gasteiger partial charge in [0.15, 0.2) is 5.13 Å². The fourth-order valence-corrected chi connectivity index (χ4v) is 3.57. The number of hydrogen-bond donors (Lipinski definition) is 0. The van der Waals surface area contributed by atoms with Crippen LogP contribution in [-0.4, -0.2) is 42.0 Å². The first-order valence-corrected chi connectivity index (χ1v) is 8.79. The molecule has 1 aromatic heterocycles.